The van der Waals surface area contributed by atoms with Gasteiger partial charge >= 0.3 is 5.97 Å². The Morgan fingerprint density at radius 3 is 2.65 bits per heavy atom. The maximum Gasteiger partial charge on any atom is 0.323 e. The molecule has 1 aliphatic rings. The molecular weight excluding hydrogens is 297 g/mol. The second-order valence-corrected chi connectivity index (χ2v) is 5.07. The summed E-state index contributed by atoms with van der Waals surface area (Å²) in [5.41, 5.74) is 1.44. The predicted octanol–water partition coefficient (Wildman–Crippen LogP) is 3.32. The van der Waals surface area contributed by atoms with Gasteiger partial charge in [0.15, 0.2) is 11.7 Å². The van der Waals surface area contributed by atoms with Crippen LogP contribution in [0.1, 0.15) is 22.8 Å². The first-order valence-electron chi connectivity index (χ1n) is 7.26. The van der Waals surface area contributed by atoms with Crippen molar-refractivity contribution in [3.05, 3.63) is 65.5 Å². The number of nitrogens with zero attached hydrogens (tertiary/aromatic N) is 1. The predicted molar refractivity (Wildman–Crippen MR) is 83.5 cm³/mol. The molecule has 0 bridgehead atoms. The maximum absolute atomic E-state index is 13.4. The van der Waals surface area contributed by atoms with E-state index in [9.17, 15) is 14.0 Å². The summed E-state index contributed by atoms with van der Waals surface area (Å²) in [6.07, 6.45) is 0. The Labute approximate surface area is 132 Å². The van der Waals surface area contributed by atoms with E-state index in [0.717, 1.165) is 6.07 Å². The first kappa shape index (κ1) is 15.1. The number of hydrogen-bond donors (Lipinski definition) is 0. The summed E-state index contributed by atoms with van der Waals surface area (Å²) in [7, 11) is 0. The minimum Gasteiger partial charge on any atom is -0.465 e. The van der Waals surface area contributed by atoms with Gasteiger partial charge in [-0.3, -0.25) is 14.6 Å². The van der Waals surface area contributed by atoms with E-state index >= 15 is 0 Å². The van der Waals surface area contributed by atoms with Crippen LogP contribution in [0, 0.1) is 11.7 Å². The Morgan fingerprint density at radius 1 is 1.22 bits per heavy atom. The van der Waals surface area contributed by atoms with Gasteiger partial charge in [-0.2, -0.15) is 0 Å². The van der Waals surface area contributed by atoms with Crippen molar-refractivity contribution in [1.82, 2.24) is 0 Å². The summed E-state index contributed by atoms with van der Waals surface area (Å²) < 4.78 is 18.5. The third kappa shape index (κ3) is 2.77. The van der Waals surface area contributed by atoms with Gasteiger partial charge in [0.1, 0.15) is 5.82 Å². The summed E-state index contributed by atoms with van der Waals surface area (Å²) in [5, 5.41) is 0. The monoisotopic (exact) mass is 311 g/mol. The third-order valence-corrected chi connectivity index (χ3v) is 3.59. The standard InChI is InChI=1S/C18H14FNO3/c1-2-23-18(22)15-16(11-6-4-3-5-7-11)20-14-9-8-12(19)10-13(14)17(15)21/h3-10,15H,2H2,1H3. The number of Topliss-reactive ketones (excluding diaryl/α,β-unsaturated/α-hetero) is 1. The molecular formula is C18H14FNO3. The number of carbonyl (C=O) groups is 2. The third-order valence-electron chi connectivity index (χ3n) is 3.59. The second-order valence-electron chi connectivity index (χ2n) is 5.07. The second kappa shape index (κ2) is 6.12. The van der Waals surface area contributed by atoms with Crippen molar-refractivity contribution < 1.29 is 18.7 Å². The molecule has 4 nitrogen and oxygen atoms in total. The number of fused-ring (bicyclic) bond motifs is 1. The summed E-state index contributed by atoms with van der Waals surface area (Å²) in [5.74, 6) is -2.88. The van der Waals surface area contributed by atoms with Crippen molar-refractivity contribution in [1.29, 1.82) is 0 Å². The zero-order valence-electron chi connectivity index (χ0n) is 12.5. The highest BCUT2D eigenvalue weighted by Gasteiger charge is 2.38. The van der Waals surface area contributed by atoms with Crippen molar-refractivity contribution >= 4 is 23.2 Å². The molecule has 5 heteroatoms. The van der Waals surface area contributed by atoms with Gasteiger partial charge in [0.2, 0.25) is 0 Å². The molecule has 116 valence electrons. The normalized spacial score (nSPS) is 16.5. The summed E-state index contributed by atoms with van der Waals surface area (Å²) >= 11 is 0. The SMILES string of the molecule is CCOC(=O)C1C(=O)c2cc(F)ccc2N=C1c1ccccc1. The summed E-state index contributed by atoms with van der Waals surface area (Å²) in [4.78, 5) is 29.4. The molecule has 0 radical (unpaired) electrons. The minimum absolute atomic E-state index is 0.0998. The van der Waals surface area contributed by atoms with Crippen molar-refractivity contribution in [3.8, 4) is 0 Å². The summed E-state index contributed by atoms with van der Waals surface area (Å²) in [6, 6.07) is 12.7. The highest BCUT2D eigenvalue weighted by molar-refractivity contribution is 6.31. The largest absolute Gasteiger partial charge is 0.465 e. The Kier molecular flexibility index (Phi) is 4.02. The number of ketones is 1. The van der Waals surface area contributed by atoms with Gasteiger partial charge in [-0.25, -0.2) is 4.39 Å². The highest BCUT2D eigenvalue weighted by Crippen LogP contribution is 2.32. The van der Waals surface area contributed by atoms with E-state index < -0.39 is 23.5 Å². The van der Waals surface area contributed by atoms with Gasteiger partial charge in [0, 0.05) is 5.56 Å². The fraction of sp³-hybridized carbons (Fsp3) is 0.167. The zero-order chi connectivity index (χ0) is 16.4. The first-order valence-corrected chi connectivity index (χ1v) is 7.26. The molecule has 1 atom stereocenters. The Bertz CT molecular complexity index is 799. The zero-order valence-corrected chi connectivity index (χ0v) is 12.5. The van der Waals surface area contributed by atoms with Gasteiger partial charge in [-0.05, 0) is 30.7 Å². The number of rotatable bonds is 3. The highest BCUT2D eigenvalue weighted by atomic mass is 19.1. The van der Waals surface area contributed by atoms with E-state index in [4.69, 9.17) is 4.74 Å². The van der Waals surface area contributed by atoms with Crippen LogP contribution in [-0.4, -0.2) is 24.1 Å². The topological polar surface area (TPSA) is 55.7 Å². The van der Waals surface area contributed by atoms with Crippen LogP contribution in [0.3, 0.4) is 0 Å². The lowest BCUT2D eigenvalue weighted by molar-refractivity contribution is -0.144. The van der Waals surface area contributed by atoms with Crippen LogP contribution < -0.4 is 0 Å². The lowest BCUT2D eigenvalue weighted by atomic mass is 9.86. The number of halogens is 1. The molecule has 1 heterocycles. The van der Waals surface area contributed by atoms with Crippen LogP contribution in [0.2, 0.25) is 0 Å². The molecule has 2 aromatic carbocycles. The number of ether oxygens (including phenoxy) is 1. The van der Waals surface area contributed by atoms with Gasteiger partial charge < -0.3 is 4.74 Å². The van der Waals surface area contributed by atoms with E-state index in [0.29, 0.717) is 17.0 Å². The van der Waals surface area contributed by atoms with Crippen molar-refractivity contribution in [2.45, 2.75) is 6.92 Å². The summed E-state index contributed by atoms with van der Waals surface area (Å²) in [6.45, 7) is 1.82. The van der Waals surface area contributed by atoms with Crippen molar-refractivity contribution in [3.63, 3.8) is 0 Å². The fourth-order valence-corrected chi connectivity index (χ4v) is 2.56. The Hall–Kier alpha value is -2.82. The van der Waals surface area contributed by atoms with Crippen LogP contribution in [0.5, 0.6) is 0 Å². The van der Waals surface area contributed by atoms with Crippen LogP contribution in [0.4, 0.5) is 10.1 Å². The van der Waals surface area contributed by atoms with E-state index in [1.165, 1.54) is 12.1 Å². The number of aliphatic imine (C=N–C) groups is 1. The van der Waals surface area contributed by atoms with Gasteiger partial charge in [0.25, 0.3) is 0 Å². The van der Waals surface area contributed by atoms with Gasteiger partial charge in [-0.1, -0.05) is 30.3 Å². The molecule has 3 rings (SSSR count). The van der Waals surface area contributed by atoms with Crippen molar-refractivity contribution in [2.24, 2.45) is 10.9 Å². The quantitative estimate of drug-likeness (QED) is 0.645. The molecule has 0 saturated heterocycles. The lowest BCUT2D eigenvalue weighted by Crippen LogP contribution is -2.36. The van der Waals surface area contributed by atoms with Gasteiger partial charge in [-0.15, -0.1) is 0 Å². The van der Waals surface area contributed by atoms with Crippen LogP contribution in [-0.2, 0) is 9.53 Å². The molecule has 0 spiro atoms. The Morgan fingerprint density at radius 2 is 1.96 bits per heavy atom. The Balaban J connectivity index is 2.17. The van der Waals surface area contributed by atoms with Crippen LogP contribution >= 0.6 is 0 Å². The molecule has 0 saturated carbocycles. The number of hydrogen-bond acceptors (Lipinski definition) is 4. The van der Waals surface area contributed by atoms with E-state index in [1.54, 1.807) is 31.2 Å². The average molecular weight is 311 g/mol. The number of esters is 1. The van der Waals surface area contributed by atoms with Crippen LogP contribution in [0.25, 0.3) is 0 Å². The number of carbonyl (C=O) groups excluding carboxylic acids is 2. The molecule has 1 aliphatic heterocycles. The van der Waals surface area contributed by atoms with Crippen molar-refractivity contribution in [2.75, 3.05) is 6.61 Å². The van der Waals surface area contributed by atoms with E-state index in [2.05, 4.69) is 4.99 Å². The molecule has 0 aliphatic carbocycles. The van der Waals surface area contributed by atoms with Gasteiger partial charge in [0.05, 0.1) is 18.0 Å². The molecule has 0 aromatic heterocycles. The maximum atomic E-state index is 13.4. The molecule has 23 heavy (non-hydrogen) atoms. The fourth-order valence-electron chi connectivity index (χ4n) is 2.56. The number of benzene rings is 2. The molecule has 2 aromatic rings. The first-order chi connectivity index (χ1) is 11.1. The lowest BCUT2D eigenvalue weighted by Gasteiger charge is -2.22. The van der Waals surface area contributed by atoms with E-state index in [-0.39, 0.29) is 12.2 Å². The average Bonchev–Trinajstić information content (AvgIpc) is 2.56. The molecule has 0 amide bonds. The van der Waals surface area contributed by atoms with E-state index in [1.807, 2.05) is 6.07 Å². The minimum atomic E-state index is -1.17. The molecule has 1 unspecified atom stereocenters. The smallest absolute Gasteiger partial charge is 0.323 e. The van der Waals surface area contributed by atoms with Crippen LogP contribution in [0.15, 0.2) is 53.5 Å². The molecule has 0 N–H and O–H groups in total. The molecule has 0 fully saturated rings.